The van der Waals surface area contributed by atoms with Crippen LogP contribution >= 0.6 is 0 Å². The van der Waals surface area contributed by atoms with Crippen LogP contribution in [0, 0.1) is 0 Å². The topological polar surface area (TPSA) is 52.5 Å². The van der Waals surface area contributed by atoms with E-state index in [1.165, 1.54) is 11.1 Å². The van der Waals surface area contributed by atoms with Crippen molar-refractivity contribution in [2.75, 3.05) is 6.61 Å². The maximum absolute atomic E-state index is 9.49. The van der Waals surface area contributed by atoms with Crippen molar-refractivity contribution in [1.82, 2.24) is 5.32 Å². The monoisotopic (exact) mass is 235 g/mol. The number of nitrogens with one attached hydrogen (secondary N) is 1. The molecular weight excluding hydrogens is 214 g/mol. The van der Waals surface area contributed by atoms with Gasteiger partial charge in [-0.05, 0) is 48.9 Å². The van der Waals surface area contributed by atoms with Crippen LogP contribution in [-0.4, -0.2) is 22.9 Å². The summed E-state index contributed by atoms with van der Waals surface area (Å²) in [6.45, 7) is 2.26. The number of phenolic OH excluding ortho intramolecular Hbond substituents is 1. The van der Waals surface area contributed by atoms with Crippen LogP contribution in [0.4, 0.5) is 0 Å². The Kier molecular flexibility index (Phi) is 4.02. The standard InChI is InChI=1S/C14H21NO2/c1-2-11(9-16)15-14-5-3-4-10-8-12(17)6-7-13(10)14/h6-8,11,14-17H,2-5,9H2,1H3/t11-,14?/m0/s1. The molecule has 2 rings (SSSR count). The van der Waals surface area contributed by atoms with Gasteiger partial charge in [-0.3, -0.25) is 0 Å². The Morgan fingerprint density at radius 3 is 3.00 bits per heavy atom. The summed E-state index contributed by atoms with van der Waals surface area (Å²) >= 11 is 0. The molecule has 94 valence electrons. The molecule has 0 aliphatic heterocycles. The fourth-order valence-electron chi connectivity index (χ4n) is 2.56. The summed E-state index contributed by atoms with van der Waals surface area (Å²) in [5.41, 5.74) is 2.52. The molecule has 1 unspecified atom stereocenters. The van der Waals surface area contributed by atoms with E-state index in [-0.39, 0.29) is 12.6 Å². The second-order valence-electron chi connectivity index (χ2n) is 4.78. The van der Waals surface area contributed by atoms with E-state index in [9.17, 15) is 10.2 Å². The van der Waals surface area contributed by atoms with Crippen LogP contribution in [0.1, 0.15) is 43.4 Å². The molecule has 0 saturated carbocycles. The number of fused-ring (bicyclic) bond motifs is 1. The minimum atomic E-state index is 0.166. The Balaban J connectivity index is 2.16. The van der Waals surface area contributed by atoms with E-state index in [4.69, 9.17) is 0 Å². The number of aliphatic hydroxyl groups is 1. The van der Waals surface area contributed by atoms with Crippen molar-refractivity contribution < 1.29 is 10.2 Å². The maximum atomic E-state index is 9.49. The van der Waals surface area contributed by atoms with E-state index < -0.39 is 0 Å². The molecule has 0 heterocycles. The number of rotatable bonds is 4. The van der Waals surface area contributed by atoms with Gasteiger partial charge >= 0.3 is 0 Å². The zero-order chi connectivity index (χ0) is 12.3. The molecule has 0 bridgehead atoms. The van der Waals surface area contributed by atoms with Crippen molar-refractivity contribution in [1.29, 1.82) is 0 Å². The highest BCUT2D eigenvalue weighted by molar-refractivity contribution is 5.38. The van der Waals surface area contributed by atoms with Crippen LogP contribution in [-0.2, 0) is 6.42 Å². The van der Waals surface area contributed by atoms with E-state index in [0.29, 0.717) is 11.8 Å². The molecule has 1 aromatic rings. The summed E-state index contributed by atoms with van der Waals surface area (Å²) in [4.78, 5) is 0. The third kappa shape index (κ3) is 2.79. The van der Waals surface area contributed by atoms with Crippen molar-refractivity contribution in [3.63, 3.8) is 0 Å². The highest BCUT2D eigenvalue weighted by Gasteiger charge is 2.22. The van der Waals surface area contributed by atoms with Crippen LogP contribution < -0.4 is 5.32 Å². The lowest BCUT2D eigenvalue weighted by molar-refractivity contribution is 0.223. The number of phenols is 1. The predicted molar refractivity (Wildman–Crippen MR) is 68.1 cm³/mol. The molecule has 3 nitrogen and oxygen atoms in total. The van der Waals surface area contributed by atoms with Gasteiger partial charge in [0.25, 0.3) is 0 Å². The van der Waals surface area contributed by atoms with Gasteiger partial charge in [0.1, 0.15) is 5.75 Å². The quantitative estimate of drug-likeness (QED) is 0.749. The van der Waals surface area contributed by atoms with Crippen LogP contribution in [0.25, 0.3) is 0 Å². The second-order valence-corrected chi connectivity index (χ2v) is 4.78. The summed E-state index contributed by atoms with van der Waals surface area (Å²) in [5.74, 6) is 0.346. The van der Waals surface area contributed by atoms with Gasteiger partial charge in [0, 0.05) is 12.1 Å². The van der Waals surface area contributed by atoms with Gasteiger partial charge in [-0.2, -0.15) is 0 Å². The summed E-state index contributed by atoms with van der Waals surface area (Å²) in [6, 6.07) is 6.10. The average molecular weight is 235 g/mol. The molecule has 3 heteroatoms. The number of hydrogen-bond donors (Lipinski definition) is 3. The third-order valence-corrected chi connectivity index (χ3v) is 3.59. The van der Waals surface area contributed by atoms with Gasteiger partial charge in [0.2, 0.25) is 0 Å². The molecule has 0 radical (unpaired) electrons. The van der Waals surface area contributed by atoms with E-state index >= 15 is 0 Å². The lowest BCUT2D eigenvalue weighted by atomic mass is 9.87. The van der Waals surface area contributed by atoms with Gasteiger partial charge in [-0.25, -0.2) is 0 Å². The Bertz CT molecular complexity index is 374. The van der Waals surface area contributed by atoms with Crippen LogP contribution in [0.2, 0.25) is 0 Å². The lowest BCUT2D eigenvalue weighted by Gasteiger charge is -2.29. The minimum Gasteiger partial charge on any atom is -0.508 e. The van der Waals surface area contributed by atoms with Crippen molar-refractivity contribution in [3.05, 3.63) is 29.3 Å². The van der Waals surface area contributed by atoms with Crippen molar-refractivity contribution in [2.24, 2.45) is 0 Å². The fraction of sp³-hybridized carbons (Fsp3) is 0.571. The average Bonchev–Trinajstić information content (AvgIpc) is 2.35. The number of aryl methyl sites for hydroxylation is 1. The zero-order valence-electron chi connectivity index (χ0n) is 10.3. The van der Waals surface area contributed by atoms with Crippen molar-refractivity contribution in [2.45, 2.75) is 44.7 Å². The molecule has 1 aliphatic rings. The van der Waals surface area contributed by atoms with E-state index in [1.807, 2.05) is 12.1 Å². The van der Waals surface area contributed by atoms with Crippen LogP contribution in [0.3, 0.4) is 0 Å². The molecular formula is C14H21NO2. The highest BCUT2D eigenvalue weighted by atomic mass is 16.3. The summed E-state index contributed by atoms with van der Waals surface area (Å²) in [5, 5.41) is 22.2. The normalized spacial score (nSPS) is 20.9. The number of aliphatic hydroxyl groups excluding tert-OH is 1. The zero-order valence-corrected chi connectivity index (χ0v) is 10.3. The first kappa shape index (κ1) is 12.4. The van der Waals surface area contributed by atoms with Crippen LogP contribution in [0.5, 0.6) is 5.75 Å². The van der Waals surface area contributed by atoms with Gasteiger partial charge in [-0.15, -0.1) is 0 Å². The molecule has 1 aromatic carbocycles. The molecule has 2 atom stereocenters. The SMILES string of the molecule is CC[C@@H](CO)NC1CCCc2cc(O)ccc21. The molecule has 1 aliphatic carbocycles. The molecule has 3 N–H and O–H groups in total. The van der Waals surface area contributed by atoms with Gasteiger partial charge < -0.3 is 15.5 Å². The van der Waals surface area contributed by atoms with Gasteiger partial charge in [-0.1, -0.05) is 13.0 Å². The fourth-order valence-corrected chi connectivity index (χ4v) is 2.56. The molecule has 0 fully saturated rings. The van der Waals surface area contributed by atoms with Gasteiger partial charge in [0.15, 0.2) is 0 Å². The molecule has 0 saturated heterocycles. The number of benzene rings is 1. The molecule has 0 amide bonds. The maximum Gasteiger partial charge on any atom is 0.115 e. The molecule has 0 aromatic heterocycles. The highest BCUT2D eigenvalue weighted by Crippen LogP contribution is 2.32. The van der Waals surface area contributed by atoms with E-state index in [0.717, 1.165) is 25.7 Å². The number of hydrogen-bond acceptors (Lipinski definition) is 3. The number of aromatic hydroxyl groups is 1. The Hall–Kier alpha value is -1.06. The van der Waals surface area contributed by atoms with Crippen molar-refractivity contribution in [3.8, 4) is 5.75 Å². The van der Waals surface area contributed by atoms with E-state index in [1.54, 1.807) is 6.07 Å². The van der Waals surface area contributed by atoms with E-state index in [2.05, 4.69) is 12.2 Å². The summed E-state index contributed by atoms with van der Waals surface area (Å²) in [6.07, 6.45) is 4.21. The molecule has 0 spiro atoms. The second kappa shape index (κ2) is 5.52. The summed E-state index contributed by atoms with van der Waals surface area (Å²) in [7, 11) is 0. The largest absolute Gasteiger partial charge is 0.508 e. The predicted octanol–water partition coefficient (Wildman–Crippen LogP) is 2.13. The van der Waals surface area contributed by atoms with Gasteiger partial charge in [0.05, 0.1) is 6.61 Å². The minimum absolute atomic E-state index is 0.166. The Labute approximate surface area is 102 Å². The first-order valence-electron chi connectivity index (χ1n) is 6.43. The molecule has 17 heavy (non-hydrogen) atoms. The Morgan fingerprint density at radius 1 is 1.47 bits per heavy atom. The van der Waals surface area contributed by atoms with Crippen molar-refractivity contribution >= 4 is 0 Å². The first-order valence-corrected chi connectivity index (χ1v) is 6.43. The third-order valence-electron chi connectivity index (χ3n) is 3.59. The smallest absolute Gasteiger partial charge is 0.115 e. The summed E-state index contributed by atoms with van der Waals surface area (Å²) < 4.78 is 0. The Morgan fingerprint density at radius 2 is 2.29 bits per heavy atom. The van der Waals surface area contributed by atoms with Crippen LogP contribution in [0.15, 0.2) is 18.2 Å². The first-order chi connectivity index (χ1) is 8.24. The lowest BCUT2D eigenvalue weighted by Crippen LogP contribution is -2.36.